The summed E-state index contributed by atoms with van der Waals surface area (Å²) in [7, 11) is 0. The van der Waals surface area contributed by atoms with Crippen molar-refractivity contribution in [1.82, 2.24) is 10.6 Å². The molecule has 2 aromatic rings. The van der Waals surface area contributed by atoms with Gasteiger partial charge in [-0.3, -0.25) is 9.59 Å². The summed E-state index contributed by atoms with van der Waals surface area (Å²) < 4.78 is 11.2. The molecule has 0 bridgehead atoms. The molecule has 2 aromatic carbocycles. The van der Waals surface area contributed by atoms with Crippen molar-refractivity contribution < 1.29 is 19.1 Å². The van der Waals surface area contributed by atoms with E-state index in [1.54, 1.807) is 24.3 Å². The van der Waals surface area contributed by atoms with Crippen molar-refractivity contribution in [2.24, 2.45) is 0 Å². The fourth-order valence-corrected chi connectivity index (χ4v) is 2.99. The molecule has 29 heavy (non-hydrogen) atoms. The molecule has 2 N–H and O–H groups in total. The van der Waals surface area contributed by atoms with Crippen LogP contribution in [0, 0.1) is 0 Å². The van der Waals surface area contributed by atoms with Crippen molar-refractivity contribution >= 4 is 23.4 Å². The molecule has 0 saturated heterocycles. The van der Waals surface area contributed by atoms with E-state index in [9.17, 15) is 9.59 Å². The fourth-order valence-electron chi connectivity index (χ4n) is 2.76. The largest absolute Gasteiger partial charge is 0.490 e. The molecule has 0 spiro atoms. The molecule has 0 aromatic heterocycles. The summed E-state index contributed by atoms with van der Waals surface area (Å²) in [6, 6.07) is 12.2. The molecule has 0 aliphatic heterocycles. The molecule has 0 fully saturated rings. The van der Waals surface area contributed by atoms with E-state index in [0.717, 1.165) is 5.56 Å². The maximum Gasteiger partial charge on any atom is 0.252 e. The van der Waals surface area contributed by atoms with Gasteiger partial charge in [0, 0.05) is 13.0 Å². The van der Waals surface area contributed by atoms with Gasteiger partial charge in [-0.2, -0.15) is 0 Å². The van der Waals surface area contributed by atoms with Crippen LogP contribution in [0.15, 0.2) is 42.5 Å². The molecule has 1 atom stereocenters. The lowest BCUT2D eigenvalue weighted by Crippen LogP contribution is -2.32. The van der Waals surface area contributed by atoms with Gasteiger partial charge in [0.25, 0.3) is 5.91 Å². The highest BCUT2D eigenvalue weighted by atomic mass is 35.5. The number of nitrogens with one attached hydrogen (secondary N) is 2. The lowest BCUT2D eigenvalue weighted by Gasteiger charge is -2.17. The Morgan fingerprint density at radius 2 is 1.72 bits per heavy atom. The van der Waals surface area contributed by atoms with Gasteiger partial charge in [0.2, 0.25) is 5.91 Å². The number of hydrogen-bond donors (Lipinski definition) is 2. The van der Waals surface area contributed by atoms with Gasteiger partial charge in [-0.1, -0.05) is 29.8 Å². The molecule has 156 valence electrons. The van der Waals surface area contributed by atoms with E-state index < -0.39 is 0 Å². The summed E-state index contributed by atoms with van der Waals surface area (Å²) >= 11 is 6.00. The van der Waals surface area contributed by atoms with Gasteiger partial charge < -0.3 is 20.1 Å². The zero-order chi connectivity index (χ0) is 21.2. The number of rotatable bonds is 10. The number of benzene rings is 2. The average molecular weight is 419 g/mol. The van der Waals surface area contributed by atoms with Crippen molar-refractivity contribution in [3.8, 4) is 11.5 Å². The van der Waals surface area contributed by atoms with Crippen LogP contribution in [0.5, 0.6) is 11.5 Å². The molecule has 0 radical (unpaired) electrons. The lowest BCUT2D eigenvalue weighted by atomic mass is 10.1. The van der Waals surface area contributed by atoms with Gasteiger partial charge in [0.05, 0.1) is 29.8 Å². The maximum absolute atomic E-state index is 12.2. The minimum Gasteiger partial charge on any atom is -0.490 e. The highest BCUT2D eigenvalue weighted by Gasteiger charge is 2.14. The van der Waals surface area contributed by atoms with E-state index in [4.69, 9.17) is 21.1 Å². The van der Waals surface area contributed by atoms with Gasteiger partial charge in [0.15, 0.2) is 11.5 Å². The van der Waals surface area contributed by atoms with Crippen LogP contribution in [-0.2, 0) is 4.79 Å². The molecular formula is C22H27ClN2O4. The topological polar surface area (TPSA) is 76.7 Å². The van der Waals surface area contributed by atoms with Crippen molar-refractivity contribution in [2.45, 2.75) is 33.2 Å². The SMILES string of the molecule is CCOc1ccc([C@@H](C)NC(=O)CCNC(=O)c2ccccc2Cl)cc1OCC. The molecule has 2 amide bonds. The van der Waals surface area contributed by atoms with E-state index in [0.29, 0.717) is 35.3 Å². The van der Waals surface area contributed by atoms with E-state index >= 15 is 0 Å². The Morgan fingerprint density at radius 1 is 1.03 bits per heavy atom. The molecule has 0 saturated carbocycles. The van der Waals surface area contributed by atoms with Crippen LogP contribution in [0.3, 0.4) is 0 Å². The number of amides is 2. The third kappa shape index (κ3) is 6.68. The third-order valence-corrected chi connectivity index (χ3v) is 4.53. The quantitative estimate of drug-likeness (QED) is 0.608. The van der Waals surface area contributed by atoms with E-state index in [2.05, 4.69) is 10.6 Å². The van der Waals surface area contributed by atoms with Crippen molar-refractivity contribution in [2.75, 3.05) is 19.8 Å². The van der Waals surface area contributed by atoms with Crippen LogP contribution in [0.2, 0.25) is 5.02 Å². The summed E-state index contributed by atoms with van der Waals surface area (Å²) in [4.78, 5) is 24.4. The number of carbonyl (C=O) groups excluding carboxylic acids is 2. The third-order valence-electron chi connectivity index (χ3n) is 4.20. The Kier molecular flexibility index (Phi) is 8.80. The predicted octanol–water partition coefficient (Wildman–Crippen LogP) is 4.13. The standard InChI is InChI=1S/C22H27ClN2O4/c1-4-28-19-11-10-16(14-20(19)29-5-2)15(3)25-21(26)12-13-24-22(27)17-8-6-7-9-18(17)23/h6-11,14-15H,4-5,12-13H2,1-3H3,(H,24,27)(H,25,26)/t15-/m1/s1. The first-order valence-corrected chi connectivity index (χ1v) is 10.1. The Bertz CT molecular complexity index is 841. The summed E-state index contributed by atoms with van der Waals surface area (Å²) in [6.07, 6.45) is 0.163. The van der Waals surface area contributed by atoms with Crippen LogP contribution in [0.4, 0.5) is 0 Å². The van der Waals surface area contributed by atoms with Gasteiger partial charge in [-0.05, 0) is 50.6 Å². The normalized spacial score (nSPS) is 11.4. The molecule has 0 unspecified atom stereocenters. The van der Waals surface area contributed by atoms with Crippen molar-refractivity contribution in [3.63, 3.8) is 0 Å². The summed E-state index contributed by atoms with van der Waals surface area (Å²) in [5.74, 6) is 0.868. The van der Waals surface area contributed by atoms with Gasteiger partial charge in [0.1, 0.15) is 0 Å². The second kappa shape index (κ2) is 11.3. The first kappa shape index (κ1) is 22.6. The molecule has 0 aliphatic rings. The van der Waals surface area contributed by atoms with Crippen LogP contribution >= 0.6 is 11.6 Å². The van der Waals surface area contributed by atoms with Crippen LogP contribution in [0.25, 0.3) is 0 Å². The zero-order valence-corrected chi connectivity index (χ0v) is 17.7. The van der Waals surface area contributed by atoms with Crippen molar-refractivity contribution in [1.29, 1.82) is 0 Å². The smallest absolute Gasteiger partial charge is 0.252 e. The Labute approximate surface area is 176 Å². The Morgan fingerprint density at radius 3 is 2.41 bits per heavy atom. The summed E-state index contributed by atoms with van der Waals surface area (Å²) in [5, 5.41) is 6.02. The Balaban J connectivity index is 1.87. The van der Waals surface area contributed by atoms with E-state index in [-0.39, 0.29) is 30.8 Å². The first-order valence-electron chi connectivity index (χ1n) is 9.67. The Hall–Kier alpha value is -2.73. The summed E-state index contributed by atoms with van der Waals surface area (Å²) in [6.45, 7) is 7.00. The monoisotopic (exact) mass is 418 g/mol. The average Bonchev–Trinajstić information content (AvgIpc) is 2.69. The van der Waals surface area contributed by atoms with Crippen LogP contribution in [-0.4, -0.2) is 31.6 Å². The molecular weight excluding hydrogens is 392 g/mol. The van der Waals surface area contributed by atoms with Crippen molar-refractivity contribution in [3.05, 3.63) is 58.6 Å². The molecule has 0 aliphatic carbocycles. The molecule has 2 rings (SSSR count). The van der Waals surface area contributed by atoms with Crippen LogP contribution < -0.4 is 20.1 Å². The van der Waals surface area contributed by atoms with Gasteiger partial charge in [-0.15, -0.1) is 0 Å². The predicted molar refractivity (Wildman–Crippen MR) is 114 cm³/mol. The maximum atomic E-state index is 12.2. The first-order chi connectivity index (χ1) is 14.0. The van der Waals surface area contributed by atoms with Crippen LogP contribution in [0.1, 0.15) is 49.2 Å². The molecule has 6 nitrogen and oxygen atoms in total. The highest BCUT2D eigenvalue weighted by Crippen LogP contribution is 2.30. The zero-order valence-electron chi connectivity index (χ0n) is 17.0. The fraction of sp³-hybridized carbons (Fsp3) is 0.364. The number of hydrogen-bond acceptors (Lipinski definition) is 4. The lowest BCUT2D eigenvalue weighted by molar-refractivity contribution is -0.121. The number of halogens is 1. The molecule has 0 heterocycles. The highest BCUT2D eigenvalue weighted by molar-refractivity contribution is 6.33. The van der Waals surface area contributed by atoms with E-state index in [1.807, 2.05) is 39.0 Å². The molecule has 7 heteroatoms. The second-order valence-corrected chi connectivity index (χ2v) is 6.75. The van der Waals surface area contributed by atoms with E-state index in [1.165, 1.54) is 0 Å². The minimum atomic E-state index is -0.302. The van der Waals surface area contributed by atoms with Gasteiger partial charge >= 0.3 is 0 Å². The second-order valence-electron chi connectivity index (χ2n) is 6.35. The van der Waals surface area contributed by atoms with Gasteiger partial charge in [-0.25, -0.2) is 0 Å². The minimum absolute atomic E-state index is 0.163. The number of carbonyl (C=O) groups is 2. The summed E-state index contributed by atoms with van der Waals surface area (Å²) in [5.41, 5.74) is 1.30. The number of ether oxygens (including phenoxy) is 2.